The van der Waals surface area contributed by atoms with Crippen molar-refractivity contribution in [1.29, 1.82) is 0 Å². The molecule has 1 heterocycles. The van der Waals surface area contributed by atoms with E-state index in [9.17, 15) is 15.0 Å². The minimum Gasteiger partial charge on any atom is -0.504 e. The maximum absolute atomic E-state index is 11.9. The van der Waals surface area contributed by atoms with Gasteiger partial charge in [-0.15, -0.1) is 0 Å². The van der Waals surface area contributed by atoms with Gasteiger partial charge in [0.05, 0.1) is 6.04 Å². The second-order valence-electron chi connectivity index (χ2n) is 5.01. The molecule has 1 amide bonds. The summed E-state index contributed by atoms with van der Waals surface area (Å²) < 4.78 is 0. The Morgan fingerprint density at radius 1 is 1.45 bits per heavy atom. The molecule has 0 saturated carbocycles. The van der Waals surface area contributed by atoms with E-state index in [1.807, 2.05) is 11.8 Å². The molecule has 0 aromatic heterocycles. The number of hydrogen-bond acceptors (Lipinski definition) is 5. The first kappa shape index (κ1) is 15.0. The van der Waals surface area contributed by atoms with Crippen molar-refractivity contribution in [3.63, 3.8) is 0 Å². The highest BCUT2D eigenvalue weighted by Gasteiger charge is 2.19. The minimum absolute atomic E-state index is 0.176. The van der Waals surface area contributed by atoms with Crippen LogP contribution in [0.1, 0.15) is 18.4 Å². The number of hydrogen-bond donors (Lipinski definition) is 4. The number of nitrogens with one attached hydrogen (secondary N) is 1. The first-order valence-corrected chi connectivity index (χ1v) is 7.77. The first-order chi connectivity index (χ1) is 9.56. The molecule has 0 spiro atoms. The van der Waals surface area contributed by atoms with Gasteiger partial charge in [-0.3, -0.25) is 4.79 Å². The fourth-order valence-electron chi connectivity index (χ4n) is 2.19. The smallest absolute Gasteiger partial charge is 0.237 e. The predicted octanol–water partition coefficient (Wildman–Crippen LogP) is 0.979. The molecule has 1 aromatic carbocycles. The molecule has 1 aliphatic heterocycles. The van der Waals surface area contributed by atoms with E-state index in [0.29, 0.717) is 18.2 Å². The Balaban J connectivity index is 1.81. The van der Waals surface area contributed by atoms with Crippen molar-refractivity contribution in [2.45, 2.75) is 30.6 Å². The monoisotopic (exact) mass is 296 g/mol. The van der Waals surface area contributed by atoms with Crippen molar-refractivity contribution in [3.8, 4) is 11.5 Å². The Morgan fingerprint density at radius 3 is 2.90 bits per heavy atom. The van der Waals surface area contributed by atoms with Crippen molar-refractivity contribution in [1.82, 2.24) is 5.32 Å². The van der Waals surface area contributed by atoms with Crippen LogP contribution in [0.4, 0.5) is 0 Å². The Bertz CT molecular complexity index is 475. The predicted molar refractivity (Wildman–Crippen MR) is 79.9 cm³/mol. The van der Waals surface area contributed by atoms with E-state index in [0.717, 1.165) is 12.0 Å². The number of nitrogens with two attached hydrogens (primary N) is 1. The van der Waals surface area contributed by atoms with E-state index in [-0.39, 0.29) is 17.4 Å². The van der Waals surface area contributed by atoms with Crippen molar-refractivity contribution in [2.24, 2.45) is 5.73 Å². The molecule has 1 saturated heterocycles. The zero-order valence-corrected chi connectivity index (χ0v) is 12.0. The zero-order chi connectivity index (χ0) is 14.5. The standard InChI is InChI=1S/C14H20N2O3S/c15-11(6-9-3-4-12(17)13(18)7-9)14(19)16-8-10-2-1-5-20-10/h3-4,7,10-11,17-18H,1-2,5-6,8,15H2,(H,16,19)/t10?,11-/m0/s1. The number of carbonyl (C=O) groups excluding carboxylic acids is 1. The van der Waals surface area contributed by atoms with Gasteiger partial charge in [-0.1, -0.05) is 6.07 Å². The van der Waals surface area contributed by atoms with Crippen LogP contribution in [0.15, 0.2) is 18.2 Å². The topological polar surface area (TPSA) is 95.6 Å². The van der Waals surface area contributed by atoms with Crippen molar-refractivity contribution >= 4 is 17.7 Å². The number of phenols is 2. The number of benzene rings is 1. The highest BCUT2D eigenvalue weighted by molar-refractivity contribution is 8.00. The molecular formula is C14H20N2O3S. The van der Waals surface area contributed by atoms with Crippen molar-refractivity contribution in [2.75, 3.05) is 12.3 Å². The zero-order valence-electron chi connectivity index (χ0n) is 11.2. The van der Waals surface area contributed by atoms with Gasteiger partial charge in [0.15, 0.2) is 11.5 Å². The van der Waals surface area contributed by atoms with Crippen LogP contribution in [0.25, 0.3) is 0 Å². The quantitative estimate of drug-likeness (QED) is 0.608. The van der Waals surface area contributed by atoms with Gasteiger partial charge < -0.3 is 21.3 Å². The van der Waals surface area contributed by atoms with Gasteiger partial charge in [0.25, 0.3) is 0 Å². The Kier molecular flexibility index (Phi) is 5.14. The summed E-state index contributed by atoms with van der Waals surface area (Å²) in [5, 5.41) is 22.0. The molecular weight excluding hydrogens is 276 g/mol. The molecule has 5 nitrogen and oxygen atoms in total. The summed E-state index contributed by atoms with van der Waals surface area (Å²) >= 11 is 1.89. The van der Waals surface area contributed by atoms with Crippen LogP contribution in [-0.4, -0.2) is 39.7 Å². The van der Waals surface area contributed by atoms with E-state index >= 15 is 0 Å². The Labute approximate surface area is 122 Å². The minimum atomic E-state index is -0.648. The summed E-state index contributed by atoms with van der Waals surface area (Å²) in [5.41, 5.74) is 6.58. The molecule has 110 valence electrons. The van der Waals surface area contributed by atoms with Crippen LogP contribution in [0, 0.1) is 0 Å². The lowest BCUT2D eigenvalue weighted by molar-refractivity contribution is -0.122. The number of rotatable bonds is 5. The molecule has 2 atom stereocenters. The van der Waals surface area contributed by atoms with Crippen molar-refractivity contribution < 1.29 is 15.0 Å². The van der Waals surface area contributed by atoms with Crippen LogP contribution < -0.4 is 11.1 Å². The van der Waals surface area contributed by atoms with Gasteiger partial charge in [-0.05, 0) is 42.7 Å². The fourth-order valence-corrected chi connectivity index (χ4v) is 3.39. The summed E-state index contributed by atoms with van der Waals surface area (Å²) in [6, 6.07) is 3.82. The van der Waals surface area contributed by atoms with Gasteiger partial charge in [0, 0.05) is 11.8 Å². The van der Waals surface area contributed by atoms with Gasteiger partial charge in [-0.2, -0.15) is 11.8 Å². The van der Waals surface area contributed by atoms with Crippen LogP contribution >= 0.6 is 11.8 Å². The van der Waals surface area contributed by atoms with Crippen LogP contribution in [-0.2, 0) is 11.2 Å². The van der Waals surface area contributed by atoms with Crippen LogP contribution in [0.3, 0.4) is 0 Å². The first-order valence-electron chi connectivity index (χ1n) is 6.72. The van der Waals surface area contributed by atoms with Gasteiger partial charge in [0.1, 0.15) is 0 Å². The lowest BCUT2D eigenvalue weighted by Gasteiger charge is -2.15. The maximum atomic E-state index is 11.9. The number of aromatic hydroxyl groups is 2. The van der Waals surface area contributed by atoms with E-state index in [4.69, 9.17) is 5.73 Å². The van der Waals surface area contributed by atoms with Crippen molar-refractivity contribution in [3.05, 3.63) is 23.8 Å². The Hall–Kier alpha value is -1.40. The average Bonchev–Trinajstić information content (AvgIpc) is 2.93. The fraction of sp³-hybridized carbons (Fsp3) is 0.500. The highest BCUT2D eigenvalue weighted by Crippen LogP contribution is 2.26. The number of carbonyl (C=O) groups is 1. The van der Waals surface area contributed by atoms with Gasteiger partial charge in [0.2, 0.25) is 5.91 Å². The van der Waals surface area contributed by atoms with Gasteiger partial charge in [-0.25, -0.2) is 0 Å². The lowest BCUT2D eigenvalue weighted by Crippen LogP contribution is -2.43. The second kappa shape index (κ2) is 6.85. The summed E-state index contributed by atoms with van der Waals surface area (Å²) in [7, 11) is 0. The van der Waals surface area contributed by atoms with E-state index in [1.165, 1.54) is 24.3 Å². The molecule has 5 N–H and O–H groups in total. The summed E-state index contributed by atoms with van der Waals surface area (Å²) in [4.78, 5) is 11.9. The van der Waals surface area contributed by atoms with E-state index in [1.54, 1.807) is 6.07 Å². The number of amides is 1. The summed E-state index contributed by atoms with van der Waals surface area (Å²) in [6.45, 7) is 0.665. The highest BCUT2D eigenvalue weighted by atomic mass is 32.2. The molecule has 20 heavy (non-hydrogen) atoms. The third kappa shape index (κ3) is 4.05. The molecule has 0 bridgehead atoms. The van der Waals surface area contributed by atoms with Crippen LogP contribution in [0.5, 0.6) is 11.5 Å². The molecule has 0 radical (unpaired) electrons. The molecule has 6 heteroatoms. The Morgan fingerprint density at radius 2 is 2.25 bits per heavy atom. The third-order valence-corrected chi connectivity index (χ3v) is 4.76. The molecule has 1 unspecified atom stereocenters. The normalized spacial score (nSPS) is 19.8. The maximum Gasteiger partial charge on any atom is 0.237 e. The molecule has 1 fully saturated rings. The molecule has 2 rings (SSSR count). The summed E-state index contributed by atoms with van der Waals surface area (Å²) in [6.07, 6.45) is 2.69. The molecule has 1 aliphatic rings. The van der Waals surface area contributed by atoms with Gasteiger partial charge >= 0.3 is 0 Å². The average molecular weight is 296 g/mol. The largest absolute Gasteiger partial charge is 0.504 e. The summed E-state index contributed by atoms with van der Waals surface area (Å²) in [5.74, 6) is 0.617. The SMILES string of the molecule is N[C@@H](Cc1ccc(O)c(O)c1)C(=O)NCC1CCCS1. The molecule has 1 aromatic rings. The van der Waals surface area contributed by atoms with E-state index in [2.05, 4.69) is 5.32 Å². The lowest BCUT2D eigenvalue weighted by atomic mass is 10.1. The van der Waals surface area contributed by atoms with Crippen LogP contribution in [0.2, 0.25) is 0 Å². The number of phenolic OH excluding ortho intramolecular Hbond substituents is 2. The van der Waals surface area contributed by atoms with E-state index < -0.39 is 6.04 Å². The second-order valence-corrected chi connectivity index (χ2v) is 6.42. The molecule has 0 aliphatic carbocycles. The number of thioether (sulfide) groups is 1. The third-order valence-electron chi connectivity index (χ3n) is 3.36.